The van der Waals surface area contributed by atoms with Crippen molar-refractivity contribution in [1.29, 1.82) is 0 Å². The molecule has 1 atom stereocenters. The van der Waals surface area contributed by atoms with Crippen LogP contribution < -0.4 is 10.1 Å². The third-order valence-electron chi connectivity index (χ3n) is 4.35. The molecular formula is C20H25N5O2S2. The van der Waals surface area contributed by atoms with Crippen LogP contribution in [-0.4, -0.2) is 52.8 Å². The van der Waals surface area contributed by atoms with E-state index < -0.39 is 6.04 Å². The number of nitrogens with zero attached hydrogens (tertiary/aromatic N) is 3. The van der Waals surface area contributed by atoms with Crippen molar-refractivity contribution < 1.29 is 9.53 Å². The summed E-state index contributed by atoms with van der Waals surface area (Å²) in [6, 6.07) is 10.8. The Morgan fingerprint density at radius 2 is 2.10 bits per heavy atom. The van der Waals surface area contributed by atoms with Crippen molar-refractivity contribution in [2.75, 3.05) is 32.6 Å². The standard InChI is InChI=1S/C20H25N5O2S2/c1-14(25-18(22-23-20(25)28)17-6-4-13-29-17)19(26)21-15-7-9-16(10-8-15)27-12-5-11-24(2)3/h4,6-10,13-14H,5,11-12H2,1-3H3,(H,21,26)(H,23,28). The van der Waals surface area contributed by atoms with Gasteiger partial charge in [-0.15, -0.1) is 11.3 Å². The molecule has 0 saturated carbocycles. The van der Waals surface area contributed by atoms with Crippen LogP contribution in [0, 0.1) is 4.77 Å². The molecule has 0 bridgehead atoms. The van der Waals surface area contributed by atoms with Gasteiger partial charge in [-0.2, -0.15) is 5.10 Å². The molecule has 0 aliphatic rings. The first-order valence-electron chi connectivity index (χ1n) is 9.35. The van der Waals surface area contributed by atoms with Gasteiger partial charge in [0.05, 0.1) is 11.5 Å². The summed E-state index contributed by atoms with van der Waals surface area (Å²) in [5.74, 6) is 1.28. The zero-order chi connectivity index (χ0) is 20.8. The van der Waals surface area contributed by atoms with Gasteiger partial charge in [0.1, 0.15) is 11.8 Å². The lowest BCUT2D eigenvalue weighted by molar-refractivity contribution is -0.118. The fourth-order valence-corrected chi connectivity index (χ4v) is 3.81. The Morgan fingerprint density at radius 1 is 1.34 bits per heavy atom. The Kier molecular flexibility index (Phi) is 7.18. The second-order valence-corrected chi connectivity index (χ2v) is 8.23. The third-order valence-corrected chi connectivity index (χ3v) is 5.51. The highest BCUT2D eigenvalue weighted by Crippen LogP contribution is 2.26. The molecule has 2 aromatic heterocycles. The normalized spacial score (nSPS) is 12.1. The monoisotopic (exact) mass is 431 g/mol. The first kappa shape index (κ1) is 21.2. The number of hydrogen-bond donors (Lipinski definition) is 2. The van der Waals surface area contributed by atoms with E-state index in [9.17, 15) is 4.79 Å². The van der Waals surface area contributed by atoms with Gasteiger partial charge in [-0.3, -0.25) is 14.5 Å². The predicted molar refractivity (Wildman–Crippen MR) is 119 cm³/mol. The van der Waals surface area contributed by atoms with Crippen molar-refractivity contribution in [2.45, 2.75) is 19.4 Å². The molecule has 3 rings (SSSR count). The number of aromatic amines is 1. The number of nitrogens with one attached hydrogen (secondary N) is 2. The third kappa shape index (κ3) is 5.53. The Balaban J connectivity index is 1.62. The Hall–Kier alpha value is -2.49. The fourth-order valence-electron chi connectivity index (χ4n) is 2.81. The largest absolute Gasteiger partial charge is 0.494 e. The molecular weight excluding hydrogens is 406 g/mol. The van der Waals surface area contributed by atoms with Gasteiger partial charge in [0.2, 0.25) is 5.91 Å². The highest BCUT2D eigenvalue weighted by atomic mass is 32.1. The van der Waals surface area contributed by atoms with Crippen molar-refractivity contribution in [3.05, 3.63) is 46.5 Å². The van der Waals surface area contributed by atoms with Crippen molar-refractivity contribution >= 4 is 35.1 Å². The van der Waals surface area contributed by atoms with Crippen LogP contribution >= 0.6 is 23.6 Å². The van der Waals surface area contributed by atoms with Crippen LogP contribution in [0.3, 0.4) is 0 Å². The molecule has 0 fully saturated rings. The van der Waals surface area contributed by atoms with Crippen LogP contribution in [0.1, 0.15) is 19.4 Å². The summed E-state index contributed by atoms with van der Waals surface area (Å²) in [7, 11) is 4.08. The number of thiophene rings is 1. The summed E-state index contributed by atoms with van der Waals surface area (Å²) in [6.45, 7) is 3.45. The number of amides is 1. The van der Waals surface area contributed by atoms with Crippen LogP contribution in [0.25, 0.3) is 10.7 Å². The molecule has 29 heavy (non-hydrogen) atoms. The maximum atomic E-state index is 12.8. The molecule has 7 nitrogen and oxygen atoms in total. The molecule has 0 aliphatic heterocycles. The number of H-pyrrole nitrogens is 1. The summed E-state index contributed by atoms with van der Waals surface area (Å²) < 4.78 is 7.88. The smallest absolute Gasteiger partial charge is 0.247 e. The zero-order valence-electron chi connectivity index (χ0n) is 16.7. The second-order valence-electron chi connectivity index (χ2n) is 6.89. The minimum Gasteiger partial charge on any atom is -0.494 e. The van der Waals surface area contributed by atoms with Gasteiger partial charge in [-0.1, -0.05) is 6.07 Å². The maximum Gasteiger partial charge on any atom is 0.247 e. The molecule has 0 saturated heterocycles. The number of anilines is 1. The molecule has 3 aromatic rings. The summed E-state index contributed by atoms with van der Waals surface area (Å²) in [4.78, 5) is 15.9. The molecule has 2 heterocycles. The number of carbonyl (C=O) groups excluding carboxylic acids is 1. The minimum absolute atomic E-state index is 0.167. The van der Waals surface area contributed by atoms with Gasteiger partial charge in [0.25, 0.3) is 0 Å². The van der Waals surface area contributed by atoms with Crippen LogP contribution in [0.5, 0.6) is 5.75 Å². The highest BCUT2D eigenvalue weighted by molar-refractivity contribution is 7.71. The SMILES string of the molecule is CC(C(=O)Nc1ccc(OCCCN(C)C)cc1)n1c(-c2cccs2)n[nH]c1=S. The summed E-state index contributed by atoms with van der Waals surface area (Å²) >= 11 is 6.89. The molecule has 1 amide bonds. The van der Waals surface area contributed by atoms with Gasteiger partial charge < -0.3 is 15.0 Å². The van der Waals surface area contributed by atoms with E-state index in [4.69, 9.17) is 17.0 Å². The minimum atomic E-state index is -0.514. The number of ether oxygens (including phenoxy) is 1. The number of aromatic nitrogens is 3. The van der Waals surface area contributed by atoms with E-state index in [1.165, 1.54) is 0 Å². The summed E-state index contributed by atoms with van der Waals surface area (Å²) in [5.41, 5.74) is 0.704. The van der Waals surface area contributed by atoms with Gasteiger partial charge >= 0.3 is 0 Å². The van der Waals surface area contributed by atoms with Crippen molar-refractivity contribution in [1.82, 2.24) is 19.7 Å². The highest BCUT2D eigenvalue weighted by Gasteiger charge is 2.21. The van der Waals surface area contributed by atoms with Gasteiger partial charge in [0.15, 0.2) is 10.6 Å². The van der Waals surface area contributed by atoms with E-state index in [-0.39, 0.29) is 5.91 Å². The van der Waals surface area contributed by atoms with Crippen molar-refractivity contribution in [3.63, 3.8) is 0 Å². The average molecular weight is 432 g/mol. The Morgan fingerprint density at radius 3 is 2.76 bits per heavy atom. The molecule has 1 aromatic carbocycles. The molecule has 1 unspecified atom stereocenters. The first-order valence-corrected chi connectivity index (χ1v) is 10.6. The van der Waals surface area contributed by atoms with Gasteiger partial charge in [0, 0.05) is 12.2 Å². The number of rotatable bonds is 9. The van der Waals surface area contributed by atoms with E-state index in [1.54, 1.807) is 22.8 Å². The molecule has 0 radical (unpaired) electrons. The van der Waals surface area contributed by atoms with E-state index in [0.717, 1.165) is 23.6 Å². The first-order chi connectivity index (χ1) is 14.0. The molecule has 0 aliphatic carbocycles. The van der Waals surface area contributed by atoms with E-state index in [0.29, 0.717) is 22.9 Å². The van der Waals surface area contributed by atoms with Crippen molar-refractivity contribution in [2.24, 2.45) is 0 Å². The van der Waals surface area contributed by atoms with Crippen LogP contribution in [0.15, 0.2) is 41.8 Å². The van der Waals surface area contributed by atoms with Gasteiger partial charge in [-0.25, -0.2) is 0 Å². The second kappa shape index (κ2) is 9.82. The maximum absolute atomic E-state index is 12.8. The Bertz CT molecular complexity index is 977. The zero-order valence-corrected chi connectivity index (χ0v) is 18.3. The lowest BCUT2D eigenvalue weighted by Gasteiger charge is -2.15. The summed E-state index contributed by atoms with van der Waals surface area (Å²) in [6.07, 6.45) is 0.959. The topological polar surface area (TPSA) is 75.2 Å². The molecule has 154 valence electrons. The van der Waals surface area contributed by atoms with E-state index in [2.05, 4.69) is 20.4 Å². The number of benzene rings is 1. The summed E-state index contributed by atoms with van der Waals surface area (Å²) in [5, 5.41) is 12.0. The van der Waals surface area contributed by atoms with E-state index >= 15 is 0 Å². The molecule has 2 N–H and O–H groups in total. The lowest BCUT2D eigenvalue weighted by atomic mass is 10.2. The quantitative estimate of drug-likeness (QED) is 0.392. The number of carbonyl (C=O) groups is 1. The predicted octanol–water partition coefficient (Wildman–Crippen LogP) is 4.20. The van der Waals surface area contributed by atoms with Gasteiger partial charge in [-0.05, 0) is 75.4 Å². The van der Waals surface area contributed by atoms with Crippen LogP contribution in [0.2, 0.25) is 0 Å². The van der Waals surface area contributed by atoms with Crippen LogP contribution in [0.4, 0.5) is 5.69 Å². The molecule has 0 spiro atoms. The van der Waals surface area contributed by atoms with Crippen LogP contribution in [-0.2, 0) is 4.79 Å². The lowest BCUT2D eigenvalue weighted by Crippen LogP contribution is -2.24. The fraction of sp³-hybridized carbons (Fsp3) is 0.350. The van der Waals surface area contributed by atoms with Crippen molar-refractivity contribution in [3.8, 4) is 16.5 Å². The molecule has 9 heteroatoms. The average Bonchev–Trinajstić information content (AvgIpc) is 3.35. The number of hydrogen-bond acceptors (Lipinski definition) is 6. The van der Waals surface area contributed by atoms with E-state index in [1.807, 2.05) is 55.9 Å². The Labute approximate surface area is 179 Å².